The Morgan fingerprint density at radius 1 is 1.21 bits per heavy atom. The Bertz CT molecular complexity index is 159. The quantitative estimate of drug-likeness (QED) is 0.695. The minimum absolute atomic E-state index is 0.0498. The van der Waals surface area contributed by atoms with Gasteiger partial charge in [-0.2, -0.15) is 0 Å². The van der Waals surface area contributed by atoms with Crippen molar-refractivity contribution in [1.29, 1.82) is 0 Å². The first kappa shape index (κ1) is 13.2. The predicted octanol–water partition coefficient (Wildman–Crippen LogP) is 0.990. The molecule has 1 N–H and O–H groups in total. The molecular formula is C10H23N3O. The van der Waals surface area contributed by atoms with Crippen LogP contribution in [0.15, 0.2) is 0 Å². The molecule has 0 heterocycles. The Kier molecular flexibility index (Phi) is 7.20. The van der Waals surface area contributed by atoms with E-state index < -0.39 is 0 Å². The maximum atomic E-state index is 11.5. The van der Waals surface area contributed by atoms with Crippen molar-refractivity contribution in [3.05, 3.63) is 0 Å². The Morgan fingerprint density at radius 3 is 2.29 bits per heavy atom. The van der Waals surface area contributed by atoms with Gasteiger partial charge in [-0.15, -0.1) is 0 Å². The van der Waals surface area contributed by atoms with Crippen molar-refractivity contribution in [2.45, 2.75) is 20.3 Å². The van der Waals surface area contributed by atoms with Crippen molar-refractivity contribution < 1.29 is 4.79 Å². The molecule has 0 aromatic carbocycles. The summed E-state index contributed by atoms with van der Waals surface area (Å²) in [6.45, 7) is 7.27. The standard InChI is InChI=1S/C10H23N3O/c1-5-11-10(14)13(6-2)9-7-8-12(3)4/h5-9H2,1-4H3,(H,11,14). The van der Waals surface area contributed by atoms with Crippen LogP contribution in [0.3, 0.4) is 0 Å². The van der Waals surface area contributed by atoms with E-state index in [0.717, 1.165) is 26.1 Å². The molecule has 0 spiro atoms. The van der Waals surface area contributed by atoms with Gasteiger partial charge in [0.25, 0.3) is 0 Å². The molecule has 0 rings (SSSR count). The van der Waals surface area contributed by atoms with Gasteiger partial charge < -0.3 is 15.1 Å². The molecule has 0 aliphatic heterocycles. The fraction of sp³-hybridized carbons (Fsp3) is 0.900. The first-order valence-electron chi connectivity index (χ1n) is 5.29. The summed E-state index contributed by atoms with van der Waals surface area (Å²) in [7, 11) is 4.09. The average Bonchev–Trinajstić information content (AvgIpc) is 2.12. The van der Waals surface area contributed by atoms with Crippen LogP contribution in [-0.2, 0) is 0 Å². The molecule has 0 atom stereocenters. The molecule has 0 aromatic rings. The Labute approximate surface area is 87.3 Å². The average molecular weight is 201 g/mol. The lowest BCUT2D eigenvalue weighted by atomic mass is 10.3. The van der Waals surface area contributed by atoms with Crippen LogP contribution < -0.4 is 5.32 Å². The van der Waals surface area contributed by atoms with Crippen molar-refractivity contribution in [3.8, 4) is 0 Å². The number of carbonyl (C=O) groups excluding carboxylic acids is 1. The van der Waals surface area contributed by atoms with Gasteiger partial charge >= 0.3 is 6.03 Å². The largest absolute Gasteiger partial charge is 0.338 e. The van der Waals surface area contributed by atoms with Gasteiger partial charge in [-0.25, -0.2) is 4.79 Å². The van der Waals surface area contributed by atoms with E-state index in [9.17, 15) is 4.79 Å². The lowest BCUT2D eigenvalue weighted by molar-refractivity contribution is 0.198. The summed E-state index contributed by atoms with van der Waals surface area (Å²) in [5, 5.41) is 2.81. The highest BCUT2D eigenvalue weighted by atomic mass is 16.2. The molecular weight excluding hydrogens is 178 g/mol. The number of hydrogen-bond acceptors (Lipinski definition) is 2. The predicted molar refractivity (Wildman–Crippen MR) is 59.5 cm³/mol. The number of carbonyl (C=O) groups is 1. The smallest absolute Gasteiger partial charge is 0.317 e. The van der Waals surface area contributed by atoms with Gasteiger partial charge in [0.05, 0.1) is 0 Å². The van der Waals surface area contributed by atoms with Crippen molar-refractivity contribution in [2.75, 3.05) is 40.3 Å². The molecule has 14 heavy (non-hydrogen) atoms. The zero-order chi connectivity index (χ0) is 11.0. The molecule has 0 bridgehead atoms. The van der Waals surface area contributed by atoms with Crippen molar-refractivity contribution in [3.63, 3.8) is 0 Å². The third-order valence-corrected chi connectivity index (χ3v) is 2.03. The summed E-state index contributed by atoms with van der Waals surface area (Å²) in [6.07, 6.45) is 1.03. The lowest BCUT2D eigenvalue weighted by Crippen LogP contribution is -2.40. The first-order valence-corrected chi connectivity index (χ1v) is 5.29. The summed E-state index contributed by atoms with van der Waals surface area (Å²) in [4.78, 5) is 15.4. The van der Waals surface area contributed by atoms with Gasteiger partial charge in [0, 0.05) is 19.6 Å². The van der Waals surface area contributed by atoms with Crippen LogP contribution >= 0.6 is 0 Å². The van der Waals surface area contributed by atoms with Crippen LogP contribution in [0, 0.1) is 0 Å². The molecule has 0 saturated heterocycles. The van der Waals surface area contributed by atoms with E-state index in [2.05, 4.69) is 10.2 Å². The van der Waals surface area contributed by atoms with Gasteiger partial charge in [0.15, 0.2) is 0 Å². The second-order valence-corrected chi connectivity index (χ2v) is 3.57. The van der Waals surface area contributed by atoms with Gasteiger partial charge in [-0.3, -0.25) is 0 Å². The number of hydrogen-bond donors (Lipinski definition) is 1. The minimum Gasteiger partial charge on any atom is -0.338 e. The van der Waals surface area contributed by atoms with Crippen molar-refractivity contribution in [2.24, 2.45) is 0 Å². The van der Waals surface area contributed by atoms with Crippen LogP contribution in [0.25, 0.3) is 0 Å². The third-order valence-electron chi connectivity index (χ3n) is 2.03. The number of urea groups is 1. The molecule has 84 valence electrons. The molecule has 4 nitrogen and oxygen atoms in total. The van der Waals surface area contributed by atoms with Gasteiger partial charge in [0.2, 0.25) is 0 Å². The fourth-order valence-corrected chi connectivity index (χ4v) is 1.24. The summed E-state index contributed by atoms with van der Waals surface area (Å²) in [5.41, 5.74) is 0. The maximum absolute atomic E-state index is 11.5. The molecule has 0 aromatic heterocycles. The van der Waals surface area contributed by atoms with Gasteiger partial charge in [-0.1, -0.05) is 0 Å². The molecule has 0 radical (unpaired) electrons. The maximum Gasteiger partial charge on any atom is 0.317 e. The fourth-order valence-electron chi connectivity index (χ4n) is 1.24. The van der Waals surface area contributed by atoms with E-state index in [1.54, 1.807) is 0 Å². The normalized spacial score (nSPS) is 10.4. The monoisotopic (exact) mass is 201 g/mol. The topological polar surface area (TPSA) is 35.6 Å². The number of nitrogens with one attached hydrogen (secondary N) is 1. The van der Waals surface area contributed by atoms with E-state index in [1.807, 2.05) is 32.8 Å². The second kappa shape index (κ2) is 7.62. The van der Waals surface area contributed by atoms with Crippen LogP contribution in [0.1, 0.15) is 20.3 Å². The highest BCUT2D eigenvalue weighted by Crippen LogP contribution is 1.93. The van der Waals surface area contributed by atoms with E-state index in [-0.39, 0.29) is 6.03 Å². The molecule has 2 amide bonds. The highest BCUT2D eigenvalue weighted by molar-refractivity contribution is 5.73. The van der Waals surface area contributed by atoms with Crippen molar-refractivity contribution in [1.82, 2.24) is 15.1 Å². The molecule has 0 unspecified atom stereocenters. The summed E-state index contributed by atoms with van der Waals surface area (Å²) >= 11 is 0. The van der Waals surface area contributed by atoms with Crippen LogP contribution in [0.4, 0.5) is 4.79 Å². The molecule has 4 heteroatoms. The van der Waals surface area contributed by atoms with E-state index in [4.69, 9.17) is 0 Å². The van der Waals surface area contributed by atoms with Crippen molar-refractivity contribution >= 4 is 6.03 Å². The number of nitrogens with zero attached hydrogens (tertiary/aromatic N) is 2. The second-order valence-electron chi connectivity index (χ2n) is 3.57. The third kappa shape index (κ3) is 5.80. The Hall–Kier alpha value is -0.770. The van der Waals surface area contributed by atoms with E-state index in [1.165, 1.54) is 0 Å². The number of amides is 2. The SMILES string of the molecule is CCNC(=O)N(CC)CCCN(C)C. The summed E-state index contributed by atoms with van der Waals surface area (Å²) in [5.74, 6) is 0. The zero-order valence-corrected chi connectivity index (χ0v) is 9.84. The van der Waals surface area contributed by atoms with Crippen LogP contribution in [-0.4, -0.2) is 56.1 Å². The Balaban J connectivity index is 3.73. The summed E-state index contributed by atoms with van der Waals surface area (Å²) < 4.78 is 0. The van der Waals surface area contributed by atoms with E-state index in [0.29, 0.717) is 6.54 Å². The molecule has 0 aliphatic carbocycles. The van der Waals surface area contributed by atoms with Crippen LogP contribution in [0.5, 0.6) is 0 Å². The Morgan fingerprint density at radius 2 is 1.86 bits per heavy atom. The molecule has 0 saturated carbocycles. The highest BCUT2D eigenvalue weighted by Gasteiger charge is 2.08. The number of rotatable bonds is 6. The van der Waals surface area contributed by atoms with Gasteiger partial charge in [0.1, 0.15) is 0 Å². The van der Waals surface area contributed by atoms with Crippen LogP contribution in [0.2, 0.25) is 0 Å². The van der Waals surface area contributed by atoms with Gasteiger partial charge in [-0.05, 0) is 40.9 Å². The first-order chi connectivity index (χ1) is 6.61. The molecule has 0 aliphatic rings. The molecule has 0 fully saturated rings. The summed E-state index contributed by atoms with van der Waals surface area (Å²) in [6, 6.07) is 0.0498. The lowest BCUT2D eigenvalue weighted by Gasteiger charge is -2.21. The zero-order valence-electron chi connectivity index (χ0n) is 9.84. The van der Waals surface area contributed by atoms with E-state index >= 15 is 0 Å². The minimum atomic E-state index is 0.0498.